The monoisotopic (exact) mass is 326 g/mol. The van der Waals surface area contributed by atoms with E-state index < -0.39 is 18.0 Å². The third-order valence-corrected chi connectivity index (χ3v) is 3.67. The third-order valence-electron chi connectivity index (χ3n) is 3.67. The average Bonchev–Trinajstić information content (AvgIpc) is 2.60. The van der Waals surface area contributed by atoms with Crippen LogP contribution in [0.2, 0.25) is 0 Å². The number of urea groups is 1. The van der Waals surface area contributed by atoms with E-state index in [0.29, 0.717) is 17.8 Å². The number of nitrogens with zero attached hydrogens (tertiary/aromatic N) is 1. The maximum Gasteiger partial charge on any atom is 0.327 e. The van der Waals surface area contributed by atoms with Crippen LogP contribution in [0.15, 0.2) is 60.7 Å². The van der Waals surface area contributed by atoms with E-state index in [4.69, 9.17) is 0 Å². The molecule has 0 saturated heterocycles. The van der Waals surface area contributed by atoms with Crippen LogP contribution >= 0.6 is 0 Å². The first-order valence-electron chi connectivity index (χ1n) is 8.07. The van der Waals surface area contributed by atoms with Crippen LogP contribution in [0.25, 0.3) is 0 Å². The van der Waals surface area contributed by atoms with E-state index in [9.17, 15) is 14.7 Å². The molecule has 0 aliphatic rings. The van der Waals surface area contributed by atoms with Gasteiger partial charge in [-0.3, -0.25) is 4.90 Å². The summed E-state index contributed by atoms with van der Waals surface area (Å²) in [5.41, 5.74) is 1.36. The molecule has 24 heavy (non-hydrogen) atoms. The summed E-state index contributed by atoms with van der Waals surface area (Å²) < 4.78 is 0. The SMILES string of the molecule is CCCCC(NC(=O)N(c1ccccc1)c1ccccc1)C(=O)O. The summed E-state index contributed by atoms with van der Waals surface area (Å²) in [4.78, 5) is 25.7. The zero-order valence-electron chi connectivity index (χ0n) is 13.7. The zero-order chi connectivity index (χ0) is 17.4. The van der Waals surface area contributed by atoms with Crippen molar-refractivity contribution in [2.45, 2.75) is 32.2 Å². The molecule has 5 nitrogen and oxygen atoms in total. The van der Waals surface area contributed by atoms with Crippen molar-refractivity contribution >= 4 is 23.4 Å². The van der Waals surface area contributed by atoms with Crippen molar-refractivity contribution in [3.8, 4) is 0 Å². The third kappa shape index (κ3) is 4.59. The second-order valence-electron chi connectivity index (χ2n) is 5.49. The molecule has 0 bridgehead atoms. The van der Waals surface area contributed by atoms with E-state index >= 15 is 0 Å². The number of hydrogen-bond donors (Lipinski definition) is 2. The molecule has 5 heteroatoms. The molecule has 0 radical (unpaired) electrons. The van der Waals surface area contributed by atoms with E-state index in [1.54, 1.807) is 0 Å². The van der Waals surface area contributed by atoms with E-state index in [1.165, 1.54) is 4.90 Å². The van der Waals surface area contributed by atoms with Gasteiger partial charge in [0.15, 0.2) is 0 Å². The topological polar surface area (TPSA) is 69.6 Å². The van der Waals surface area contributed by atoms with E-state index in [2.05, 4.69) is 5.32 Å². The molecule has 2 rings (SSSR count). The van der Waals surface area contributed by atoms with Gasteiger partial charge in [-0.2, -0.15) is 0 Å². The number of rotatable bonds is 7. The lowest BCUT2D eigenvalue weighted by Crippen LogP contribution is -2.46. The predicted octanol–water partition coefficient (Wildman–Crippen LogP) is 4.18. The van der Waals surface area contributed by atoms with Crippen molar-refractivity contribution < 1.29 is 14.7 Å². The van der Waals surface area contributed by atoms with E-state index in [1.807, 2.05) is 67.6 Å². The smallest absolute Gasteiger partial charge is 0.327 e. The number of carboxylic acids is 1. The Balaban J connectivity index is 2.26. The number of para-hydroxylation sites is 2. The Morgan fingerprint density at radius 3 is 1.92 bits per heavy atom. The number of amides is 2. The molecule has 2 aromatic rings. The van der Waals surface area contributed by atoms with Crippen LogP contribution in [0.4, 0.5) is 16.2 Å². The normalized spacial score (nSPS) is 11.5. The van der Waals surface area contributed by atoms with Gasteiger partial charge < -0.3 is 10.4 Å². The maximum absolute atomic E-state index is 12.8. The van der Waals surface area contributed by atoms with Gasteiger partial charge in [0.1, 0.15) is 6.04 Å². The Bertz CT molecular complexity index is 619. The molecular weight excluding hydrogens is 304 g/mol. The number of nitrogens with one attached hydrogen (secondary N) is 1. The molecule has 0 fully saturated rings. The molecule has 1 unspecified atom stereocenters. The highest BCUT2D eigenvalue weighted by molar-refractivity contribution is 6.00. The molecular formula is C19H22N2O3. The number of hydrogen-bond acceptors (Lipinski definition) is 2. The lowest BCUT2D eigenvalue weighted by molar-refractivity contribution is -0.139. The average molecular weight is 326 g/mol. The highest BCUT2D eigenvalue weighted by Crippen LogP contribution is 2.25. The Morgan fingerprint density at radius 1 is 1.00 bits per heavy atom. The van der Waals surface area contributed by atoms with Gasteiger partial charge >= 0.3 is 12.0 Å². The molecule has 0 aliphatic carbocycles. The molecule has 0 spiro atoms. The molecule has 2 amide bonds. The minimum absolute atomic E-state index is 0.412. The number of carbonyl (C=O) groups is 2. The van der Waals surface area contributed by atoms with Crippen molar-refractivity contribution in [1.82, 2.24) is 5.32 Å². The number of anilines is 2. The Morgan fingerprint density at radius 2 is 1.50 bits per heavy atom. The van der Waals surface area contributed by atoms with Crippen molar-refractivity contribution in [3.05, 3.63) is 60.7 Å². The van der Waals surface area contributed by atoms with Crippen LogP contribution < -0.4 is 10.2 Å². The Labute approximate surface area is 141 Å². The molecule has 0 heterocycles. The van der Waals surface area contributed by atoms with E-state index in [-0.39, 0.29) is 0 Å². The minimum atomic E-state index is -1.02. The maximum atomic E-state index is 12.8. The first-order valence-corrected chi connectivity index (χ1v) is 8.07. The van der Waals surface area contributed by atoms with Crippen LogP contribution in [0, 0.1) is 0 Å². The first kappa shape index (κ1) is 17.5. The molecule has 2 N–H and O–H groups in total. The number of carbonyl (C=O) groups excluding carboxylic acids is 1. The second-order valence-corrected chi connectivity index (χ2v) is 5.49. The number of aliphatic carboxylic acids is 1. The van der Waals surface area contributed by atoms with Crippen molar-refractivity contribution in [3.63, 3.8) is 0 Å². The Hall–Kier alpha value is -2.82. The highest BCUT2D eigenvalue weighted by Gasteiger charge is 2.24. The summed E-state index contributed by atoms with van der Waals surface area (Å²) in [6, 6.07) is 17.0. The first-order chi connectivity index (χ1) is 11.6. The fourth-order valence-corrected chi connectivity index (χ4v) is 2.42. The van der Waals surface area contributed by atoms with Gasteiger partial charge in [0.25, 0.3) is 0 Å². The molecule has 0 aliphatic heterocycles. The zero-order valence-corrected chi connectivity index (χ0v) is 13.7. The summed E-state index contributed by atoms with van der Waals surface area (Å²) in [7, 11) is 0. The van der Waals surface area contributed by atoms with Crippen LogP contribution in [-0.4, -0.2) is 23.1 Å². The fourth-order valence-electron chi connectivity index (χ4n) is 2.42. The van der Waals surface area contributed by atoms with Gasteiger partial charge in [-0.15, -0.1) is 0 Å². The Kier molecular flexibility index (Phi) is 6.37. The van der Waals surface area contributed by atoms with Gasteiger partial charge in [-0.25, -0.2) is 9.59 Å². The van der Waals surface area contributed by atoms with Gasteiger partial charge in [0.05, 0.1) is 11.4 Å². The van der Waals surface area contributed by atoms with Crippen molar-refractivity contribution in [1.29, 1.82) is 0 Å². The molecule has 0 aromatic heterocycles. The summed E-state index contributed by atoms with van der Waals surface area (Å²) in [6.45, 7) is 1.99. The summed E-state index contributed by atoms with van der Waals surface area (Å²) >= 11 is 0. The van der Waals surface area contributed by atoms with Gasteiger partial charge in [0, 0.05) is 0 Å². The van der Waals surface area contributed by atoms with Gasteiger partial charge in [-0.1, -0.05) is 56.2 Å². The number of unbranched alkanes of at least 4 members (excludes halogenated alkanes) is 1. The standard InChI is InChI=1S/C19H22N2O3/c1-2-3-14-17(18(22)23)20-19(24)21(15-10-6-4-7-11-15)16-12-8-5-9-13-16/h4-13,17H,2-3,14H2,1H3,(H,20,24)(H,22,23). The van der Waals surface area contributed by atoms with Crippen molar-refractivity contribution in [2.75, 3.05) is 4.90 Å². The molecule has 0 saturated carbocycles. The van der Waals surface area contributed by atoms with Crippen LogP contribution in [0.5, 0.6) is 0 Å². The van der Waals surface area contributed by atoms with Crippen LogP contribution in [-0.2, 0) is 4.79 Å². The number of carboxylic acid groups (broad SMARTS) is 1. The second kappa shape index (κ2) is 8.72. The summed E-state index contributed by atoms with van der Waals surface area (Å²) in [5, 5.41) is 12.0. The quantitative estimate of drug-likeness (QED) is 0.802. The lowest BCUT2D eigenvalue weighted by Gasteiger charge is -2.25. The largest absolute Gasteiger partial charge is 0.480 e. The highest BCUT2D eigenvalue weighted by atomic mass is 16.4. The predicted molar refractivity (Wildman–Crippen MR) is 94.5 cm³/mol. The summed E-state index contributed by atoms with van der Waals surface area (Å²) in [5.74, 6) is -1.02. The molecule has 1 atom stereocenters. The lowest BCUT2D eigenvalue weighted by atomic mass is 10.1. The molecule has 126 valence electrons. The fraction of sp³-hybridized carbons (Fsp3) is 0.263. The number of benzene rings is 2. The minimum Gasteiger partial charge on any atom is -0.480 e. The van der Waals surface area contributed by atoms with Crippen LogP contribution in [0.1, 0.15) is 26.2 Å². The van der Waals surface area contributed by atoms with Crippen molar-refractivity contribution in [2.24, 2.45) is 0 Å². The summed E-state index contributed by atoms with van der Waals surface area (Å²) in [6.07, 6.45) is 2.03. The van der Waals surface area contributed by atoms with E-state index in [0.717, 1.165) is 12.8 Å². The molecule has 2 aromatic carbocycles. The van der Waals surface area contributed by atoms with Gasteiger partial charge in [-0.05, 0) is 30.7 Å². The van der Waals surface area contributed by atoms with Gasteiger partial charge in [0.2, 0.25) is 0 Å². The van der Waals surface area contributed by atoms with Crippen LogP contribution in [0.3, 0.4) is 0 Å².